The summed E-state index contributed by atoms with van der Waals surface area (Å²) in [7, 11) is 1.92. The van der Waals surface area contributed by atoms with Gasteiger partial charge in [0, 0.05) is 29.9 Å². The lowest BCUT2D eigenvalue weighted by Gasteiger charge is -2.07. The van der Waals surface area contributed by atoms with Crippen LogP contribution in [0.4, 0.5) is 14.5 Å². The predicted octanol–water partition coefficient (Wildman–Crippen LogP) is 4.33. The van der Waals surface area contributed by atoms with Crippen molar-refractivity contribution in [2.45, 2.75) is 6.92 Å². The lowest BCUT2D eigenvalue weighted by Crippen LogP contribution is -2.08. The average Bonchev–Trinajstić information content (AvgIpc) is 2.95. The molecule has 0 atom stereocenters. The van der Waals surface area contributed by atoms with Crippen molar-refractivity contribution in [3.63, 3.8) is 0 Å². The van der Waals surface area contributed by atoms with Gasteiger partial charge in [-0.25, -0.2) is 13.8 Å². The van der Waals surface area contributed by atoms with Crippen LogP contribution in [-0.2, 0) is 11.8 Å². The summed E-state index contributed by atoms with van der Waals surface area (Å²) in [5.41, 5.74) is 2.44. The van der Waals surface area contributed by atoms with E-state index in [1.807, 2.05) is 36.7 Å². The molecule has 3 rings (SSSR count). The summed E-state index contributed by atoms with van der Waals surface area (Å²) in [5, 5.41) is 2.71. The number of hydrogen-bond donors (Lipinski definition) is 1. The normalized spacial score (nSPS) is 11.1. The number of carbonyl (C=O) groups is 1. The number of carbonyl (C=O) groups excluding carboxylic acids is 1. The molecule has 0 aliphatic heterocycles. The van der Waals surface area contributed by atoms with Crippen LogP contribution in [0.2, 0.25) is 0 Å². The van der Waals surface area contributed by atoms with Gasteiger partial charge >= 0.3 is 0 Å². The summed E-state index contributed by atoms with van der Waals surface area (Å²) in [4.78, 5) is 16.3. The van der Waals surface area contributed by atoms with E-state index >= 15 is 0 Å². The first-order valence-corrected chi connectivity index (χ1v) is 7.97. The Morgan fingerprint density at radius 2 is 2.00 bits per heavy atom. The molecular formula is C20H17F2N3O. The van der Waals surface area contributed by atoms with Crippen molar-refractivity contribution < 1.29 is 13.6 Å². The Morgan fingerprint density at radius 1 is 1.19 bits per heavy atom. The van der Waals surface area contributed by atoms with E-state index in [-0.39, 0.29) is 5.56 Å². The van der Waals surface area contributed by atoms with E-state index in [0.717, 1.165) is 35.3 Å². The monoisotopic (exact) mass is 353 g/mol. The topological polar surface area (TPSA) is 46.9 Å². The summed E-state index contributed by atoms with van der Waals surface area (Å²) >= 11 is 0. The molecule has 0 aliphatic rings. The molecule has 1 N–H and O–H groups in total. The van der Waals surface area contributed by atoms with Gasteiger partial charge in [0.25, 0.3) is 0 Å². The highest BCUT2D eigenvalue weighted by atomic mass is 19.1. The summed E-state index contributed by atoms with van der Waals surface area (Å²) < 4.78 is 28.7. The molecule has 0 unspecified atom stereocenters. The van der Waals surface area contributed by atoms with Gasteiger partial charge in [-0.3, -0.25) is 4.79 Å². The molecule has 0 saturated carbocycles. The third-order valence-corrected chi connectivity index (χ3v) is 4.02. The van der Waals surface area contributed by atoms with E-state index in [9.17, 15) is 13.6 Å². The largest absolute Gasteiger partial charge is 0.331 e. The highest BCUT2D eigenvalue weighted by molar-refractivity contribution is 6.02. The number of imidazole rings is 1. The van der Waals surface area contributed by atoms with Gasteiger partial charge in [0.1, 0.15) is 17.5 Å². The van der Waals surface area contributed by atoms with Crippen LogP contribution < -0.4 is 5.32 Å². The van der Waals surface area contributed by atoms with Gasteiger partial charge in [-0.1, -0.05) is 12.1 Å². The van der Waals surface area contributed by atoms with E-state index in [1.165, 1.54) is 12.2 Å². The zero-order valence-electron chi connectivity index (χ0n) is 14.3. The van der Waals surface area contributed by atoms with Gasteiger partial charge < -0.3 is 9.88 Å². The van der Waals surface area contributed by atoms with E-state index < -0.39 is 17.5 Å². The van der Waals surface area contributed by atoms with Crippen molar-refractivity contribution in [2.75, 3.05) is 5.32 Å². The van der Waals surface area contributed by atoms with E-state index in [0.29, 0.717) is 5.69 Å². The van der Waals surface area contributed by atoms with Gasteiger partial charge in [0.15, 0.2) is 0 Å². The maximum Gasteiger partial charge on any atom is 0.248 e. The fourth-order valence-electron chi connectivity index (χ4n) is 2.52. The van der Waals surface area contributed by atoms with Crippen molar-refractivity contribution in [1.82, 2.24) is 9.55 Å². The predicted molar refractivity (Wildman–Crippen MR) is 97.4 cm³/mol. The number of halogens is 2. The second-order valence-corrected chi connectivity index (χ2v) is 5.82. The van der Waals surface area contributed by atoms with Crippen molar-refractivity contribution >= 4 is 17.7 Å². The Bertz CT molecular complexity index is 992. The molecule has 0 radical (unpaired) electrons. The van der Waals surface area contributed by atoms with Gasteiger partial charge in [-0.05, 0) is 43.3 Å². The zero-order chi connectivity index (χ0) is 18.7. The molecule has 0 saturated heterocycles. The van der Waals surface area contributed by atoms with Crippen LogP contribution in [-0.4, -0.2) is 15.5 Å². The van der Waals surface area contributed by atoms with Gasteiger partial charge in [0.05, 0.1) is 11.9 Å². The summed E-state index contributed by atoms with van der Waals surface area (Å²) in [6.45, 7) is 1.91. The number of hydrogen-bond acceptors (Lipinski definition) is 2. The Labute approximate surface area is 149 Å². The smallest absolute Gasteiger partial charge is 0.248 e. The Balaban J connectivity index is 1.76. The molecule has 4 nitrogen and oxygen atoms in total. The molecule has 1 amide bonds. The first-order valence-electron chi connectivity index (χ1n) is 7.97. The molecule has 0 aliphatic carbocycles. The molecule has 2 aromatic carbocycles. The van der Waals surface area contributed by atoms with Crippen LogP contribution in [0.5, 0.6) is 0 Å². The van der Waals surface area contributed by atoms with Gasteiger partial charge in [-0.2, -0.15) is 0 Å². The molecule has 132 valence electrons. The molecule has 1 aromatic heterocycles. The maximum atomic E-state index is 13.6. The van der Waals surface area contributed by atoms with Crippen molar-refractivity contribution in [3.05, 3.63) is 77.8 Å². The van der Waals surface area contributed by atoms with Crippen LogP contribution in [0.25, 0.3) is 17.3 Å². The molecule has 6 heteroatoms. The van der Waals surface area contributed by atoms with E-state index in [1.54, 1.807) is 12.3 Å². The molecule has 26 heavy (non-hydrogen) atoms. The molecular weight excluding hydrogens is 336 g/mol. The van der Waals surface area contributed by atoms with E-state index in [2.05, 4.69) is 10.3 Å². The molecule has 3 aromatic rings. The third kappa shape index (κ3) is 3.85. The minimum atomic E-state index is -0.593. The average molecular weight is 353 g/mol. The fraction of sp³-hybridized carbons (Fsp3) is 0.100. The number of anilines is 1. The second kappa shape index (κ2) is 7.31. The SMILES string of the molecule is Cc1ncc(-c2cccc(NC(=O)/C=C/c3cc(F)ccc3F)c2)n1C. The van der Waals surface area contributed by atoms with Crippen molar-refractivity contribution in [2.24, 2.45) is 7.05 Å². The second-order valence-electron chi connectivity index (χ2n) is 5.82. The van der Waals surface area contributed by atoms with Crippen molar-refractivity contribution in [3.8, 4) is 11.3 Å². The van der Waals surface area contributed by atoms with Crippen molar-refractivity contribution in [1.29, 1.82) is 0 Å². The lowest BCUT2D eigenvalue weighted by atomic mass is 10.1. The minimum absolute atomic E-state index is 0.0132. The quantitative estimate of drug-likeness (QED) is 0.710. The summed E-state index contributed by atoms with van der Waals surface area (Å²) in [5.74, 6) is -0.712. The molecule has 0 fully saturated rings. The number of benzene rings is 2. The Morgan fingerprint density at radius 3 is 2.73 bits per heavy atom. The highest BCUT2D eigenvalue weighted by Gasteiger charge is 2.07. The van der Waals surface area contributed by atoms with Gasteiger partial charge in [0.2, 0.25) is 5.91 Å². The molecule has 1 heterocycles. The number of rotatable bonds is 4. The van der Waals surface area contributed by atoms with Gasteiger partial charge in [-0.15, -0.1) is 0 Å². The van der Waals surface area contributed by atoms with Crippen LogP contribution in [0.15, 0.2) is 54.7 Å². The first-order chi connectivity index (χ1) is 12.4. The van der Waals surface area contributed by atoms with E-state index in [4.69, 9.17) is 0 Å². The Kier molecular flexibility index (Phi) is 4.93. The Hall–Kier alpha value is -3.28. The maximum absolute atomic E-state index is 13.6. The summed E-state index contributed by atoms with van der Waals surface area (Å²) in [6, 6.07) is 10.4. The molecule has 0 bridgehead atoms. The third-order valence-electron chi connectivity index (χ3n) is 4.02. The summed E-state index contributed by atoms with van der Waals surface area (Å²) in [6.07, 6.45) is 4.17. The first kappa shape index (κ1) is 17.5. The number of aryl methyl sites for hydroxylation is 1. The highest BCUT2D eigenvalue weighted by Crippen LogP contribution is 2.23. The number of aromatic nitrogens is 2. The number of nitrogens with one attached hydrogen (secondary N) is 1. The van der Waals surface area contributed by atoms with Crippen LogP contribution >= 0.6 is 0 Å². The van der Waals surface area contributed by atoms with Crippen LogP contribution in [0.3, 0.4) is 0 Å². The minimum Gasteiger partial charge on any atom is -0.331 e. The molecule has 0 spiro atoms. The van der Waals surface area contributed by atoms with Crippen LogP contribution in [0.1, 0.15) is 11.4 Å². The zero-order valence-corrected chi connectivity index (χ0v) is 14.3. The fourth-order valence-corrected chi connectivity index (χ4v) is 2.52. The number of nitrogens with zero attached hydrogens (tertiary/aromatic N) is 2. The standard InChI is InChI=1S/C20H17F2N3O/c1-13-23-12-19(25(13)2)15-4-3-5-17(11-15)24-20(26)9-6-14-10-16(21)7-8-18(14)22/h3-12H,1-2H3,(H,24,26)/b9-6+. The van der Waals surface area contributed by atoms with Crippen LogP contribution in [0, 0.1) is 18.6 Å². The lowest BCUT2D eigenvalue weighted by molar-refractivity contribution is -0.111. The number of amides is 1.